The molecular weight excluding hydrogens is 314 g/mol. The van der Waals surface area contributed by atoms with Crippen molar-refractivity contribution in [2.45, 2.75) is 26.4 Å². The summed E-state index contributed by atoms with van der Waals surface area (Å²) in [5, 5.41) is 5.35. The quantitative estimate of drug-likeness (QED) is 0.895. The highest BCUT2D eigenvalue weighted by Crippen LogP contribution is 2.18. The van der Waals surface area contributed by atoms with Gasteiger partial charge in [-0.2, -0.15) is 8.75 Å². The Balaban J connectivity index is 1.79. The average Bonchev–Trinajstić information content (AvgIpc) is 2.93. The third-order valence-electron chi connectivity index (χ3n) is 3.80. The summed E-state index contributed by atoms with van der Waals surface area (Å²) in [7, 11) is 1.75. The average molecular weight is 331 g/mol. The maximum Gasteiger partial charge on any atom is 0.319 e. The number of rotatable bonds is 3. The number of hydrogen-bond acceptors (Lipinski definition) is 5. The third-order valence-corrected chi connectivity index (χ3v) is 4.36. The first kappa shape index (κ1) is 15.4. The second kappa shape index (κ2) is 5.96. The summed E-state index contributed by atoms with van der Waals surface area (Å²) < 4.78 is 8.38. The Bertz CT molecular complexity index is 813. The highest BCUT2D eigenvalue weighted by atomic mass is 32.1. The first-order valence-electron chi connectivity index (χ1n) is 7.20. The molecule has 2 N–H and O–H groups in total. The lowest BCUT2D eigenvalue weighted by atomic mass is 10.0. The van der Waals surface area contributed by atoms with E-state index in [2.05, 4.69) is 19.4 Å². The van der Waals surface area contributed by atoms with E-state index in [0.717, 1.165) is 16.6 Å². The molecule has 2 heterocycles. The molecule has 1 aromatic carbocycles. The van der Waals surface area contributed by atoms with Gasteiger partial charge in [0.25, 0.3) is 5.91 Å². The molecule has 0 radical (unpaired) electrons. The Morgan fingerprint density at radius 3 is 2.83 bits per heavy atom. The van der Waals surface area contributed by atoms with E-state index in [4.69, 9.17) is 0 Å². The lowest BCUT2D eigenvalue weighted by Gasteiger charge is -2.28. The fourth-order valence-corrected chi connectivity index (χ4v) is 3.21. The number of likely N-dealkylation sites (N-methyl/N-ethyl adjacent to an activating group) is 1. The van der Waals surface area contributed by atoms with Gasteiger partial charge < -0.3 is 15.5 Å². The molecule has 120 valence electrons. The van der Waals surface area contributed by atoms with Gasteiger partial charge in [0.2, 0.25) is 0 Å². The number of allylic oxidation sites excluding steroid dienone is 1. The summed E-state index contributed by atoms with van der Waals surface area (Å²) in [6.45, 7) is 4.00. The van der Waals surface area contributed by atoms with E-state index >= 15 is 0 Å². The normalized spacial score (nSPS) is 17.9. The van der Waals surface area contributed by atoms with E-state index in [1.165, 1.54) is 11.7 Å². The molecule has 0 spiro atoms. The first-order valence-corrected chi connectivity index (χ1v) is 7.93. The fraction of sp³-hybridized carbons (Fsp3) is 0.333. The van der Waals surface area contributed by atoms with Crippen molar-refractivity contribution in [3.8, 4) is 0 Å². The van der Waals surface area contributed by atoms with E-state index in [1.54, 1.807) is 25.8 Å². The molecule has 0 fully saturated rings. The lowest BCUT2D eigenvalue weighted by molar-refractivity contribution is -0.126. The summed E-state index contributed by atoms with van der Waals surface area (Å²) in [6.07, 6.45) is 0. The molecule has 0 saturated heterocycles. The van der Waals surface area contributed by atoms with Gasteiger partial charge in [0, 0.05) is 19.3 Å². The van der Waals surface area contributed by atoms with Crippen LogP contribution in [0.1, 0.15) is 19.4 Å². The summed E-state index contributed by atoms with van der Waals surface area (Å²) in [6, 6.07) is 5.19. The predicted octanol–water partition coefficient (Wildman–Crippen LogP) is 1.62. The first-order chi connectivity index (χ1) is 11.0. The van der Waals surface area contributed by atoms with Crippen LogP contribution >= 0.6 is 11.7 Å². The van der Waals surface area contributed by atoms with Crippen LogP contribution in [0.25, 0.3) is 11.0 Å². The Morgan fingerprint density at radius 2 is 2.09 bits per heavy atom. The molecule has 23 heavy (non-hydrogen) atoms. The van der Waals surface area contributed by atoms with E-state index in [9.17, 15) is 9.59 Å². The van der Waals surface area contributed by atoms with Crippen LogP contribution in [0.4, 0.5) is 4.79 Å². The van der Waals surface area contributed by atoms with Gasteiger partial charge >= 0.3 is 6.03 Å². The molecule has 3 amide bonds. The van der Waals surface area contributed by atoms with Crippen LogP contribution in [-0.4, -0.2) is 38.7 Å². The maximum absolute atomic E-state index is 12.7. The van der Waals surface area contributed by atoms with Crippen molar-refractivity contribution in [3.63, 3.8) is 0 Å². The smallest absolute Gasteiger partial charge is 0.319 e. The van der Waals surface area contributed by atoms with Crippen molar-refractivity contribution < 1.29 is 9.59 Å². The van der Waals surface area contributed by atoms with Crippen molar-refractivity contribution in [1.29, 1.82) is 0 Å². The van der Waals surface area contributed by atoms with Crippen molar-refractivity contribution in [2.75, 3.05) is 7.05 Å². The van der Waals surface area contributed by atoms with Gasteiger partial charge in [-0.1, -0.05) is 6.07 Å². The minimum Gasteiger partial charge on any atom is -0.338 e. The number of fused-ring (bicyclic) bond motifs is 1. The number of carbonyl (C=O) groups is 2. The molecular formula is C15H17N5O2S. The Labute approximate surface area is 137 Å². The van der Waals surface area contributed by atoms with Gasteiger partial charge in [0.15, 0.2) is 0 Å². The van der Waals surface area contributed by atoms with Crippen LogP contribution < -0.4 is 10.6 Å². The molecule has 1 aliphatic rings. The van der Waals surface area contributed by atoms with Gasteiger partial charge in [0.1, 0.15) is 11.0 Å². The molecule has 0 bridgehead atoms. The van der Waals surface area contributed by atoms with Crippen molar-refractivity contribution in [1.82, 2.24) is 24.3 Å². The van der Waals surface area contributed by atoms with Crippen LogP contribution in [0.5, 0.6) is 0 Å². The summed E-state index contributed by atoms with van der Waals surface area (Å²) in [5.41, 5.74) is 3.85. The van der Waals surface area contributed by atoms with Crippen LogP contribution in [0, 0.1) is 0 Å². The topological polar surface area (TPSA) is 87.2 Å². The molecule has 3 rings (SSSR count). The molecule has 1 unspecified atom stereocenters. The zero-order valence-electron chi connectivity index (χ0n) is 13.1. The third kappa shape index (κ3) is 3.02. The van der Waals surface area contributed by atoms with Crippen molar-refractivity contribution >= 4 is 34.7 Å². The van der Waals surface area contributed by atoms with Gasteiger partial charge in [-0.15, -0.1) is 0 Å². The van der Waals surface area contributed by atoms with Crippen LogP contribution in [0.3, 0.4) is 0 Å². The van der Waals surface area contributed by atoms with E-state index in [0.29, 0.717) is 17.8 Å². The molecule has 7 nitrogen and oxygen atoms in total. The SMILES string of the molecule is CC1=C(C(=O)N(C)Cc2ccc3nsnc3c2)C(C)NC(=O)N1. The Kier molecular flexibility index (Phi) is 3.99. The van der Waals surface area contributed by atoms with E-state index in [1.807, 2.05) is 18.2 Å². The van der Waals surface area contributed by atoms with Gasteiger partial charge in [-0.25, -0.2) is 4.79 Å². The monoisotopic (exact) mass is 331 g/mol. The summed E-state index contributed by atoms with van der Waals surface area (Å²) >= 11 is 1.17. The maximum atomic E-state index is 12.7. The number of carbonyl (C=O) groups excluding carboxylic acids is 2. The van der Waals surface area contributed by atoms with Crippen LogP contribution in [0.15, 0.2) is 29.5 Å². The molecule has 8 heteroatoms. The molecule has 1 aromatic heterocycles. The number of urea groups is 1. The largest absolute Gasteiger partial charge is 0.338 e. The van der Waals surface area contributed by atoms with E-state index < -0.39 is 0 Å². The van der Waals surface area contributed by atoms with Gasteiger partial charge in [-0.3, -0.25) is 4.79 Å². The number of aromatic nitrogens is 2. The minimum atomic E-state index is -0.316. The van der Waals surface area contributed by atoms with Crippen LogP contribution in [0.2, 0.25) is 0 Å². The summed E-state index contributed by atoms with van der Waals surface area (Å²) in [5.74, 6) is -0.112. The summed E-state index contributed by atoms with van der Waals surface area (Å²) in [4.78, 5) is 25.7. The van der Waals surface area contributed by atoms with Crippen molar-refractivity contribution in [2.24, 2.45) is 0 Å². The number of hydrogen-bond donors (Lipinski definition) is 2. The van der Waals surface area contributed by atoms with Gasteiger partial charge in [-0.05, 0) is 31.5 Å². The molecule has 2 aromatic rings. The van der Waals surface area contributed by atoms with E-state index in [-0.39, 0.29) is 18.0 Å². The molecule has 0 saturated carbocycles. The number of amides is 3. The molecule has 1 atom stereocenters. The number of nitrogens with zero attached hydrogens (tertiary/aromatic N) is 3. The highest BCUT2D eigenvalue weighted by Gasteiger charge is 2.28. The van der Waals surface area contributed by atoms with Crippen molar-refractivity contribution in [3.05, 3.63) is 35.0 Å². The Hall–Kier alpha value is -2.48. The molecule has 0 aliphatic carbocycles. The molecule has 1 aliphatic heterocycles. The predicted molar refractivity (Wildman–Crippen MR) is 87.7 cm³/mol. The second-order valence-electron chi connectivity index (χ2n) is 5.61. The zero-order valence-corrected chi connectivity index (χ0v) is 13.9. The number of nitrogens with one attached hydrogen (secondary N) is 2. The Morgan fingerprint density at radius 1 is 1.35 bits per heavy atom. The zero-order chi connectivity index (χ0) is 16.6. The lowest BCUT2D eigenvalue weighted by Crippen LogP contribution is -2.50. The highest BCUT2D eigenvalue weighted by molar-refractivity contribution is 7.00. The number of benzene rings is 1. The van der Waals surface area contributed by atoms with Gasteiger partial charge in [0.05, 0.1) is 23.3 Å². The standard InChI is InChI=1S/C15H17N5O2S/c1-8-13(9(2)17-15(22)16-8)14(21)20(3)7-10-4-5-11-12(6-10)19-23-18-11/h4-6,8H,7H2,1-3H3,(H2,16,17,22). The second-order valence-corrected chi connectivity index (χ2v) is 6.14. The minimum absolute atomic E-state index is 0.112. The fourth-order valence-electron chi connectivity index (χ4n) is 2.69. The van der Waals surface area contributed by atoms with Crippen LogP contribution in [-0.2, 0) is 11.3 Å².